The van der Waals surface area contributed by atoms with Gasteiger partial charge in [-0.1, -0.05) is 6.42 Å². The Morgan fingerprint density at radius 1 is 1.40 bits per heavy atom. The van der Waals surface area contributed by atoms with Crippen LogP contribution in [-0.4, -0.2) is 51.6 Å². The lowest BCUT2D eigenvalue weighted by molar-refractivity contribution is -0.150. The minimum Gasteiger partial charge on any atom is -0.468 e. The van der Waals surface area contributed by atoms with E-state index in [1.807, 2.05) is 7.05 Å². The van der Waals surface area contributed by atoms with Gasteiger partial charge in [-0.2, -0.15) is 0 Å². The van der Waals surface area contributed by atoms with E-state index in [0.29, 0.717) is 19.1 Å². The van der Waals surface area contributed by atoms with Crippen LogP contribution in [0.5, 0.6) is 0 Å². The molecule has 0 spiro atoms. The van der Waals surface area contributed by atoms with Gasteiger partial charge < -0.3 is 19.5 Å². The zero-order chi connectivity index (χ0) is 14.4. The van der Waals surface area contributed by atoms with Crippen molar-refractivity contribution in [3.8, 4) is 0 Å². The smallest absolute Gasteiger partial charge is 0.326 e. The van der Waals surface area contributed by atoms with Crippen molar-refractivity contribution in [3.05, 3.63) is 0 Å². The number of hydrogen-bond acceptors (Lipinski definition) is 5. The minimum atomic E-state index is -0.512. The molecule has 1 saturated carbocycles. The predicted molar refractivity (Wildman–Crippen MR) is 75.6 cm³/mol. The van der Waals surface area contributed by atoms with Gasteiger partial charge in [0.05, 0.1) is 19.8 Å². The van der Waals surface area contributed by atoms with E-state index in [-0.39, 0.29) is 12.1 Å². The molecule has 1 N–H and O–H groups in total. The van der Waals surface area contributed by atoms with Crippen molar-refractivity contribution in [2.45, 2.75) is 50.2 Å². The fourth-order valence-corrected chi connectivity index (χ4v) is 3.57. The van der Waals surface area contributed by atoms with Gasteiger partial charge >= 0.3 is 5.97 Å². The second-order valence-electron chi connectivity index (χ2n) is 5.80. The van der Waals surface area contributed by atoms with E-state index in [2.05, 4.69) is 5.32 Å². The molecule has 2 fully saturated rings. The van der Waals surface area contributed by atoms with E-state index < -0.39 is 5.54 Å². The molecular formula is C15H27NO4. The molecule has 3 unspecified atom stereocenters. The molecule has 0 radical (unpaired) electrons. The second kappa shape index (κ2) is 7.38. The van der Waals surface area contributed by atoms with E-state index in [0.717, 1.165) is 45.1 Å². The first-order chi connectivity index (χ1) is 9.73. The van der Waals surface area contributed by atoms with Crippen molar-refractivity contribution in [1.82, 2.24) is 5.32 Å². The third kappa shape index (κ3) is 3.32. The Kier molecular flexibility index (Phi) is 5.81. The molecule has 2 rings (SSSR count). The Bertz CT molecular complexity index is 317. The molecule has 0 bridgehead atoms. The maximum absolute atomic E-state index is 12.1. The fourth-order valence-electron chi connectivity index (χ4n) is 3.57. The summed E-state index contributed by atoms with van der Waals surface area (Å²) in [5.41, 5.74) is -0.512. The standard InChI is InChI=1S/C15H27NO4/c1-16-15(14(17)18-2)8-3-5-12(15)7-10-19-11-13-6-4-9-20-13/h12-13,16H,3-11H2,1-2H3. The van der Waals surface area contributed by atoms with Crippen LogP contribution in [0.4, 0.5) is 0 Å². The summed E-state index contributed by atoms with van der Waals surface area (Å²) in [6, 6.07) is 0. The molecule has 5 nitrogen and oxygen atoms in total. The number of hydrogen-bond donors (Lipinski definition) is 1. The molecule has 1 heterocycles. The molecule has 0 aromatic rings. The fraction of sp³-hybridized carbons (Fsp3) is 0.933. The number of carbonyl (C=O) groups excluding carboxylic acids is 1. The molecule has 0 amide bonds. The SMILES string of the molecule is CNC1(C(=O)OC)CCCC1CCOCC1CCCO1. The second-order valence-corrected chi connectivity index (χ2v) is 5.80. The highest BCUT2D eigenvalue weighted by molar-refractivity contribution is 5.81. The topological polar surface area (TPSA) is 56.8 Å². The zero-order valence-corrected chi connectivity index (χ0v) is 12.7. The van der Waals surface area contributed by atoms with Crippen molar-refractivity contribution >= 4 is 5.97 Å². The van der Waals surface area contributed by atoms with E-state index in [1.54, 1.807) is 0 Å². The van der Waals surface area contributed by atoms with Crippen LogP contribution in [0, 0.1) is 5.92 Å². The molecule has 3 atom stereocenters. The highest BCUT2D eigenvalue weighted by Crippen LogP contribution is 2.38. The number of methoxy groups -OCH3 is 1. The van der Waals surface area contributed by atoms with Crippen LogP contribution in [0.15, 0.2) is 0 Å². The highest BCUT2D eigenvalue weighted by Gasteiger charge is 2.48. The van der Waals surface area contributed by atoms with Crippen LogP contribution in [-0.2, 0) is 19.0 Å². The predicted octanol–water partition coefficient (Wildman–Crippen LogP) is 1.50. The summed E-state index contributed by atoms with van der Waals surface area (Å²) in [5, 5.41) is 3.21. The number of rotatable bonds is 7. The molecule has 2 aliphatic rings. The lowest BCUT2D eigenvalue weighted by Gasteiger charge is -2.32. The van der Waals surface area contributed by atoms with Gasteiger partial charge in [-0.25, -0.2) is 0 Å². The Morgan fingerprint density at radius 3 is 2.90 bits per heavy atom. The van der Waals surface area contributed by atoms with Crippen molar-refractivity contribution in [1.29, 1.82) is 0 Å². The molecule has 0 aromatic carbocycles. The molecule has 1 saturated heterocycles. The first kappa shape index (κ1) is 15.7. The van der Waals surface area contributed by atoms with Gasteiger partial charge in [0.1, 0.15) is 5.54 Å². The van der Waals surface area contributed by atoms with Crippen LogP contribution < -0.4 is 5.32 Å². The average Bonchev–Trinajstić information content (AvgIpc) is 3.12. The maximum Gasteiger partial charge on any atom is 0.326 e. The Labute approximate surface area is 121 Å². The van der Waals surface area contributed by atoms with Crippen LogP contribution in [0.1, 0.15) is 38.5 Å². The number of nitrogens with one attached hydrogen (secondary N) is 1. The molecule has 20 heavy (non-hydrogen) atoms. The maximum atomic E-state index is 12.1. The number of ether oxygens (including phenoxy) is 3. The minimum absolute atomic E-state index is 0.137. The van der Waals surface area contributed by atoms with Crippen LogP contribution >= 0.6 is 0 Å². The first-order valence-corrected chi connectivity index (χ1v) is 7.69. The van der Waals surface area contributed by atoms with E-state index in [4.69, 9.17) is 14.2 Å². The summed E-state index contributed by atoms with van der Waals surface area (Å²) in [6.07, 6.45) is 6.38. The lowest BCUT2D eigenvalue weighted by atomic mass is 9.85. The summed E-state index contributed by atoms with van der Waals surface area (Å²) in [7, 11) is 3.31. The van der Waals surface area contributed by atoms with Crippen molar-refractivity contribution in [2.24, 2.45) is 5.92 Å². The molecule has 1 aliphatic carbocycles. The third-order valence-electron chi connectivity index (χ3n) is 4.75. The van der Waals surface area contributed by atoms with E-state index >= 15 is 0 Å². The molecule has 5 heteroatoms. The van der Waals surface area contributed by atoms with E-state index in [1.165, 1.54) is 7.11 Å². The Morgan fingerprint density at radius 2 is 2.25 bits per heavy atom. The van der Waals surface area contributed by atoms with Crippen molar-refractivity contribution in [3.63, 3.8) is 0 Å². The van der Waals surface area contributed by atoms with Crippen LogP contribution in [0.2, 0.25) is 0 Å². The van der Waals surface area contributed by atoms with Gasteiger partial charge in [-0.15, -0.1) is 0 Å². The van der Waals surface area contributed by atoms with Gasteiger partial charge in [-0.3, -0.25) is 4.79 Å². The molecule has 0 aromatic heterocycles. The molecular weight excluding hydrogens is 258 g/mol. The summed E-state index contributed by atoms with van der Waals surface area (Å²) in [4.78, 5) is 12.1. The first-order valence-electron chi connectivity index (χ1n) is 7.69. The third-order valence-corrected chi connectivity index (χ3v) is 4.75. The lowest BCUT2D eigenvalue weighted by Crippen LogP contribution is -2.54. The quantitative estimate of drug-likeness (QED) is 0.567. The van der Waals surface area contributed by atoms with Gasteiger partial charge in [0.2, 0.25) is 0 Å². The van der Waals surface area contributed by atoms with Crippen LogP contribution in [0.25, 0.3) is 0 Å². The summed E-state index contributed by atoms with van der Waals surface area (Å²) >= 11 is 0. The largest absolute Gasteiger partial charge is 0.468 e. The van der Waals surface area contributed by atoms with Gasteiger partial charge in [0.25, 0.3) is 0 Å². The van der Waals surface area contributed by atoms with Crippen LogP contribution in [0.3, 0.4) is 0 Å². The number of carbonyl (C=O) groups is 1. The number of likely N-dealkylation sites (N-methyl/N-ethyl adjacent to an activating group) is 1. The van der Waals surface area contributed by atoms with Gasteiger partial charge in [0, 0.05) is 13.2 Å². The molecule has 1 aliphatic heterocycles. The monoisotopic (exact) mass is 285 g/mol. The normalized spacial score (nSPS) is 33.5. The Hall–Kier alpha value is -0.650. The highest BCUT2D eigenvalue weighted by atomic mass is 16.5. The molecule has 116 valence electrons. The summed E-state index contributed by atoms with van der Waals surface area (Å²) in [6.45, 7) is 2.23. The summed E-state index contributed by atoms with van der Waals surface area (Å²) < 4.78 is 16.2. The van der Waals surface area contributed by atoms with Crippen molar-refractivity contribution in [2.75, 3.05) is 34.0 Å². The zero-order valence-electron chi connectivity index (χ0n) is 12.7. The van der Waals surface area contributed by atoms with E-state index in [9.17, 15) is 4.79 Å². The summed E-state index contributed by atoms with van der Waals surface area (Å²) in [5.74, 6) is 0.158. The van der Waals surface area contributed by atoms with Gasteiger partial charge in [0.15, 0.2) is 0 Å². The van der Waals surface area contributed by atoms with Gasteiger partial charge in [-0.05, 0) is 45.1 Å². The average molecular weight is 285 g/mol. The van der Waals surface area contributed by atoms with Crippen molar-refractivity contribution < 1.29 is 19.0 Å². The Balaban J connectivity index is 1.76. The number of esters is 1.